The molecule has 0 radical (unpaired) electrons. The number of piperazine rings is 1. The summed E-state index contributed by atoms with van der Waals surface area (Å²) in [6.45, 7) is 4.97. The van der Waals surface area contributed by atoms with Crippen LogP contribution in [0, 0.1) is 0 Å². The monoisotopic (exact) mass is 750 g/mol. The summed E-state index contributed by atoms with van der Waals surface area (Å²) in [6, 6.07) is 15.5. The van der Waals surface area contributed by atoms with Crippen LogP contribution in [-0.4, -0.2) is 103 Å². The van der Waals surface area contributed by atoms with Crippen molar-refractivity contribution in [1.29, 1.82) is 0 Å². The number of alkyl halides is 2. The minimum atomic E-state index is -3.77. The number of anilines is 2. The molecule has 5 heterocycles. The highest BCUT2D eigenvalue weighted by Crippen LogP contribution is 2.28. The van der Waals surface area contributed by atoms with Gasteiger partial charge in [-0.15, -0.1) is 0 Å². The number of pyridine rings is 1. The Morgan fingerprint density at radius 3 is 2.42 bits per heavy atom. The second kappa shape index (κ2) is 15.5. The number of fused-ring (bicyclic) bond motifs is 1. The summed E-state index contributed by atoms with van der Waals surface area (Å²) in [4.78, 5) is 51.2. The standard InChI is InChI=1S/C36H40F2N8O6S/c37-32(38)30-20-24-22-39-36(43-33(24)42-35(30)49)40-25-10-12-46(13-11-25)53(50,51)28-3-1-2-27(21-28)52-19-18-44-14-16-45(17-15-44)26-6-4-23(5-7-26)29-8-9-31(47)41-34(29)48/h1-7,20-22,25,29,32H,8-19H2,(H,41,47,48)(H2,39,40,42,43,49). The maximum atomic E-state index is 13.5. The van der Waals surface area contributed by atoms with Crippen molar-refractivity contribution >= 4 is 44.5 Å². The van der Waals surface area contributed by atoms with Crippen LogP contribution < -0.4 is 25.8 Å². The van der Waals surface area contributed by atoms with Crippen LogP contribution in [0.5, 0.6) is 5.75 Å². The van der Waals surface area contributed by atoms with Gasteiger partial charge < -0.3 is 19.9 Å². The van der Waals surface area contributed by atoms with Crippen LogP contribution in [0.1, 0.15) is 49.2 Å². The van der Waals surface area contributed by atoms with Crippen LogP contribution in [0.2, 0.25) is 0 Å². The first-order chi connectivity index (χ1) is 25.5. The van der Waals surface area contributed by atoms with E-state index in [-0.39, 0.29) is 58.7 Å². The lowest BCUT2D eigenvalue weighted by molar-refractivity contribution is -0.134. The zero-order valence-corrected chi connectivity index (χ0v) is 29.7. The molecule has 0 bridgehead atoms. The largest absolute Gasteiger partial charge is 0.492 e. The van der Waals surface area contributed by atoms with Gasteiger partial charge in [-0.3, -0.25) is 24.6 Å². The summed E-state index contributed by atoms with van der Waals surface area (Å²) in [5.74, 6) is -0.0660. The van der Waals surface area contributed by atoms with E-state index in [4.69, 9.17) is 4.74 Å². The van der Waals surface area contributed by atoms with Crippen molar-refractivity contribution in [1.82, 2.24) is 29.5 Å². The molecule has 53 heavy (non-hydrogen) atoms. The van der Waals surface area contributed by atoms with Gasteiger partial charge in [-0.1, -0.05) is 18.2 Å². The lowest BCUT2D eigenvalue weighted by Crippen LogP contribution is -2.47. The number of sulfonamides is 1. The zero-order valence-electron chi connectivity index (χ0n) is 28.8. The highest BCUT2D eigenvalue weighted by atomic mass is 32.2. The van der Waals surface area contributed by atoms with Gasteiger partial charge in [0.25, 0.3) is 12.0 Å². The number of ether oxygens (including phenoxy) is 1. The highest BCUT2D eigenvalue weighted by molar-refractivity contribution is 7.89. The highest BCUT2D eigenvalue weighted by Gasteiger charge is 2.31. The van der Waals surface area contributed by atoms with E-state index >= 15 is 0 Å². The molecular formula is C36H40F2N8O6S. The molecule has 7 rings (SSSR count). The van der Waals surface area contributed by atoms with Gasteiger partial charge in [0.15, 0.2) is 0 Å². The average Bonchev–Trinajstić information content (AvgIpc) is 3.15. The number of carbonyl (C=O) groups is 2. The minimum Gasteiger partial charge on any atom is -0.492 e. The van der Waals surface area contributed by atoms with E-state index in [1.807, 2.05) is 24.3 Å². The SMILES string of the molecule is O=C1CCC(c2ccc(N3CCN(CCOc4cccc(S(=O)(=O)N5CCC(Nc6ncc7cc(C(F)F)c(=O)[nH]c7n6)CC5)c4)CC3)cc2)C(=O)N1. The molecule has 2 aromatic carbocycles. The number of rotatable bonds is 11. The van der Waals surface area contributed by atoms with E-state index in [1.165, 1.54) is 10.5 Å². The Labute approximate surface area is 304 Å². The molecule has 4 aromatic rings. The van der Waals surface area contributed by atoms with Crippen LogP contribution in [0.3, 0.4) is 0 Å². The minimum absolute atomic E-state index is 0.131. The second-order valence-electron chi connectivity index (χ2n) is 13.4. The number of hydrogen-bond donors (Lipinski definition) is 3. The van der Waals surface area contributed by atoms with Gasteiger partial charge in [0.2, 0.25) is 27.8 Å². The fraction of sp³-hybridized carbons (Fsp3) is 0.417. The molecule has 14 nitrogen and oxygen atoms in total. The smallest absolute Gasteiger partial charge is 0.269 e. The third-order valence-electron chi connectivity index (χ3n) is 10.0. The van der Waals surface area contributed by atoms with Crippen molar-refractivity contribution in [3.05, 3.63) is 82.3 Å². The first-order valence-electron chi connectivity index (χ1n) is 17.6. The van der Waals surface area contributed by atoms with Crippen LogP contribution in [0.15, 0.2) is 70.5 Å². The molecule has 280 valence electrons. The van der Waals surface area contributed by atoms with E-state index in [0.29, 0.717) is 44.6 Å². The Kier molecular flexibility index (Phi) is 10.7. The number of carbonyl (C=O) groups excluding carboxylic acids is 2. The first kappa shape index (κ1) is 36.4. The van der Waals surface area contributed by atoms with E-state index in [1.54, 1.807) is 24.3 Å². The summed E-state index contributed by atoms with van der Waals surface area (Å²) in [6.07, 6.45) is 0.293. The molecule has 3 N–H and O–H groups in total. The molecule has 3 saturated heterocycles. The maximum Gasteiger partial charge on any atom is 0.269 e. The number of nitrogens with one attached hydrogen (secondary N) is 3. The van der Waals surface area contributed by atoms with Crippen molar-refractivity contribution in [2.24, 2.45) is 0 Å². The number of aromatic amines is 1. The van der Waals surface area contributed by atoms with Crippen LogP contribution in [0.4, 0.5) is 20.4 Å². The van der Waals surface area contributed by atoms with Crippen molar-refractivity contribution in [3.8, 4) is 5.75 Å². The molecule has 1 unspecified atom stereocenters. The lowest BCUT2D eigenvalue weighted by atomic mass is 9.90. The second-order valence-corrected chi connectivity index (χ2v) is 15.4. The number of aromatic nitrogens is 3. The van der Waals surface area contributed by atoms with Crippen molar-refractivity contribution in [2.75, 3.05) is 62.6 Å². The van der Waals surface area contributed by atoms with Crippen molar-refractivity contribution < 1.29 is 31.5 Å². The van der Waals surface area contributed by atoms with Crippen molar-refractivity contribution in [2.45, 2.75) is 49.0 Å². The number of nitrogens with zero attached hydrogens (tertiary/aromatic N) is 5. The molecular weight excluding hydrogens is 711 g/mol. The molecule has 0 spiro atoms. The average molecular weight is 751 g/mol. The molecule has 17 heteroatoms. The third kappa shape index (κ3) is 8.31. The van der Waals surface area contributed by atoms with Gasteiger partial charge in [-0.05, 0) is 55.2 Å². The first-order valence-corrected chi connectivity index (χ1v) is 19.1. The van der Waals surface area contributed by atoms with Gasteiger partial charge in [0, 0.05) is 81.6 Å². The fourth-order valence-electron chi connectivity index (χ4n) is 6.99. The lowest BCUT2D eigenvalue weighted by Gasteiger charge is -2.36. The molecule has 2 amide bonds. The summed E-state index contributed by atoms with van der Waals surface area (Å²) in [7, 11) is -3.77. The fourth-order valence-corrected chi connectivity index (χ4v) is 8.49. The van der Waals surface area contributed by atoms with E-state index in [0.717, 1.165) is 43.5 Å². The van der Waals surface area contributed by atoms with E-state index in [9.17, 15) is 31.6 Å². The Morgan fingerprint density at radius 1 is 0.943 bits per heavy atom. The Bertz CT molecular complexity index is 2140. The Hall–Kier alpha value is -5.00. The maximum absolute atomic E-state index is 13.5. The molecule has 3 aliphatic heterocycles. The molecule has 3 aliphatic rings. The van der Waals surface area contributed by atoms with Crippen molar-refractivity contribution in [3.63, 3.8) is 0 Å². The molecule has 0 saturated carbocycles. The predicted molar refractivity (Wildman–Crippen MR) is 193 cm³/mol. The topological polar surface area (TPSA) is 170 Å². The summed E-state index contributed by atoms with van der Waals surface area (Å²) >= 11 is 0. The number of piperidine rings is 2. The van der Waals surface area contributed by atoms with Gasteiger partial charge in [-0.25, -0.2) is 22.2 Å². The summed E-state index contributed by atoms with van der Waals surface area (Å²) < 4.78 is 60.7. The molecule has 2 aromatic heterocycles. The number of imide groups is 1. The van der Waals surface area contributed by atoms with E-state index in [2.05, 4.69) is 35.4 Å². The summed E-state index contributed by atoms with van der Waals surface area (Å²) in [5, 5.41) is 5.87. The zero-order chi connectivity index (χ0) is 37.1. The van der Waals surface area contributed by atoms with Gasteiger partial charge in [-0.2, -0.15) is 9.29 Å². The molecule has 0 aliphatic carbocycles. The van der Waals surface area contributed by atoms with Gasteiger partial charge in [0.1, 0.15) is 18.0 Å². The molecule has 1 atom stereocenters. The Morgan fingerprint density at radius 2 is 1.70 bits per heavy atom. The van der Waals surface area contributed by atoms with Crippen LogP contribution in [0.25, 0.3) is 11.0 Å². The quantitative estimate of drug-likeness (QED) is 0.193. The van der Waals surface area contributed by atoms with Crippen LogP contribution in [-0.2, 0) is 19.6 Å². The third-order valence-corrected chi connectivity index (χ3v) is 11.9. The molecule has 3 fully saturated rings. The van der Waals surface area contributed by atoms with Gasteiger partial charge >= 0.3 is 0 Å². The predicted octanol–water partition coefficient (Wildman–Crippen LogP) is 3.24. The van der Waals surface area contributed by atoms with Gasteiger partial charge in [0.05, 0.1) is 16.4 Å². The number of H-pyrrole nitrogens is 1. The number of halogens is 2. The Balaban J connectivity index is 0.859. The number of amides is 2. The number of hydrogen-bond acceptors (Lipinski definition) is 11. The summed E-state index contributed by atoms with van der Waals surface area (Å²) in [5.41, 5.74) is 0.580. The normalized spacial score (nSPS) is 19.5. The van der Waals surface area contributed by atoms with E-state index < -0.39 is 27.6 Å². The number of benzene rings is 2. The van der Waals surface area contributed by atoms with Crippen LogP contribution >= 0.6 is 0 Å².